The molecule has 4 nitrogen and oxygen atoms in total. The van der Waals surface area contributed by atoms with Gasteiger partial charge in [0.15, 0.2) is 0 Å². The second kappa shape index (κ2) is 6.82. The van der Waals surface area contributed by atoms with E-state index < -0.39 is 0 Å². The Morgan fingerprint density at radius 2 is 2.25 bits per heavy atom. The molecule has 4 heteroatoms. The average Bonchev–Trinajstić information content (AvgIpc) is 2.29. The van der Waals surface area contributed by atoms with Crippen LogP contribution in [-0.4, -0.2) is 17.4 Å². The van der Waals surface area contributed by atoms with Gasteiger partial charge < -0.3 is 11.1 Å². The zero-order valence-corrected chi connectivity index (χ0v) is 9.70. The number of hydrogen-bond acceptors (Lipinski definition) is 3. The summed E-state index contributed by atoms with van der Waals surface area (Å²) in [6.45, 7) is 2.86. The van der Waals surface area contributed by atoms with Crippen molar-refractivity contribution in [2.45, 2.75) is 32.6 Å². The van der Waals surface area contributed by atoms with Crippen molar-refractivity contribution >= 4 is 11.6 Å². The van der Waals surface area contributed by atoms with Crippen molar-refractivity contribution in [1.29, 1.82) is 0 Å². The highest BCUT2D eigenvalue weighted by molar-refractivity contribution is 5.98. The molecule has 16 heavy (non-hydrogen) atoms. The van der Waals surface area contributed by atoms with Crippen LogP contribution in [-0.2, 0) is 0 Å². The topological polar surface area (TPSA) is 68.0 Å². The summed E-state index contributed by atoms with van der Waals surface area (Å²) in [4.78, 5) is 15.6. The summed E-state index contributed by atoms with van der Waals surface area (Å²) in [5, 5.41) is 2.84. The smallest absolute Gasteiger partial charge is 0.254 e. The Bertz CT molecular complexity index is 339. The molecule has 1 amide bonds. The van der Waals surface area contributed by atoms with Crippen LogP contribution in [0.4, 0.5) is 5.69 Å². The highest BCUT2D eigenvalue weighted by atomic mass is 16.1. The molecule has 1 aromatic rings. The molecule has 0 spiro atoms. The molecule has 88 valence electrons. The third-order valence-corrected chi connectivity index (χ3v) is 2.42. The molecule has 0 aliphatic carbocycles. The van der Waals surface area contributed by atoms with Crippen LogP contribution >= 0.6 is 0 Å². The fraction of sp³-hybridized carbons (Fsp3) is 0.500. The molecule has 0 bridgehead atoms. The summed E-state index contributed by atoms with van der Waals surface area (Å²) < 4.78 is 0. The van der Waals surface area contributed by atoms with Crippen LogP contribution in [0.2, 0.25) is 0 Å². The minimum Gasteiger partial charge on any atom is -0.398 e. The number of rotatable bonds is 6. The first kappa shape index (κ1) is 12.5. The number of pyridine rings is 1. The monoisotopic (exact) mass is 221 g/mol. The maximum Gasteiger partial charge on any atom is 0.254 e. The number of aromatic nitrogens is 1. The summed E-state index contributed by atoms with van der Waals surface area (Å²) in [7, 11) is 0. The lowest BCUT2D eigenvalue weighted by Crippen LogP contribution is -2.25. The van der Waals surface area contributed by atoms with Crippen LogP contribution in [0.25, 0.3) is 0 Å². The fourth-order valence-electron chi connectivity index (χ4n) is 1.44. The van der Waals surface area contributed by atoms with Crippen molar-refractivity contribution in [2.24, 2.45) is 0 Å². The minimum absolute atomic E-state index is 0.137. The van der Waals surface area contributed by atoms with Crippen LogP contribution in [0.15, 0.2) is 18.5 Å². The number of nitrogens with two attached hydrogens (primary N) is 1. The molecule has 0 unspecified atom stereocenters. The van der Waals surface area contributed by atoms with Crippen LogP contribution in [0.1, 0.15) is 43.0 Å². The SMILES string of the molecule is CCCCCCNC(=O)c1cnccc1N. The molecule has 1 heterocycles. The Kier molecular flexibility index (Phi) is 5.32. The van der Waals surface area contributed by atoms with Gasteiger partial charge in [0.05, 0.1) is 5.56 Å². The molecular formula is C12H19N3O. The van der Waals surface area contributed by atoms with Gasteiger partial charge in [-0.3, -0.25) is 9.78 Å². The van der Waals surface area contributed by atoms with Crippen LogP contribution in [0.3, 0.4) is 0 Å². The molecule has 1 rings (SSSR count). The molecule has 0 saturated heterocycles. The highest BCUT2D eigenvalue weighted by Gasteiger charge is 2.07. The van der Waals surface area contributed by atoms with Crippen molar-refractivity contribution in [2.75, 3.05) is 12.3 Å². The Morgan fingerprint density at radius 1 is 1.44 bits per heavy atom. The molecular weight excluding hydrogens is 202 g/mol. The largest absolute Gasteiger partial charge is 0.398 e. The van der Waals surface area contributed by atoms with Crippen molar-refractivity contribution in [3.63, 3.8) is 0 Å². The normalized spacial score (nSPS) is 10.1. The van der Waals surface area contributed by atoms with Gasteiger partial charge in [0.2, 0.25) is 0 Å². The first-order chi connectivity index (χ1) is 7.75. The van der Waals surface area contributed by atoms with E-state index in [-0.39, 0.29) is 5.91 Å². The number of unbranched alkanes of at least 4 members (excludes halogenated alkanes) is 3. The van der Waals surface area contributed by atoms with E-state index >= 15 is 0 Å². The van der Waals surface area contributed by atoms with Gasteiger partial charge in [0.25, 0.3) is 5.91 Å². The second-order valence-corrected chi connectivity index (χ2v) is 3.78. The van der Waals surface area contributed by atoms with Crippen LogP contribution in [0, 0.1) is 0 Å². The number of hydrogen-bond donors (Lipinski definition) is 2. The molecule has 1 aromatic heterocycles. The number of amides is 1. The van der Waals surface area contributed by atoms with Gasteiger partial charge in [-0.1, -0.05) is 26.2 Å². The van der Waals surface area contributed by atoms with Crippen LogP contribution < -0.4 is 11.1 Å². The summed E-state index contributed by atoms with van der Waals surface area (Å²) >= 11 is 0. The highest BCUT2D eigenvalue weighted by Crippen LogP contribution is 2.08. The van der Waals surface area contributed by atoms with Crippen molar-refractivity contribution in [3.05, 3.63) is 24.0 Å². The summed E-state index contributed by atoms with van der Waals surface area (Å²) in [5.74, 6) is -0.137. The Morgan fingerprint density at radius 3 is 2.94 bits per heavy atom. The first-order valence-corrected chi connectivity index (χ1v) is 5.73. The van der Waals surface area contributed by atoms with E-state index in [4.69, 9.17) is 5.73 Å². The fourth-order valence-corrected chi connectivity index (χ4v) is 1.44. The van der Waals surface area contributed by atoms with E-state index in [2.05, 4.69) is 17.2 Å². The van der Waals surface area contributed by atoms with Gasteiger partial charge in [-0.15, -0.1) is 0 Å². The van der Waals surface area contributed by atoms with E-state index in [0.717, 1.165) is 12.8 Å². The second-order valence-electron chi connectivity index (χ2n) is 3.78. The quantitative estimate of drug-likeness (QED) is 0.722. The number of nitrogens with zero attached hydrogens (tertiary/aromatic N) is 1. The molecule has 0 saturated carbocycles. The molecule has 3 N–H and O–H groups in total. The van der Waals surface area contributed by atoms with Crippen molar-refractivity contribution in [1.82, 2.24) is 10.3 Å². The third-order valence-electron chi connectivity index (χ3n) is 2.42. The minimum atomic E-state index is -0.137. The summed E-state index contributed by atoms with van der Waals surface area (Å²) in [6, 6.07) is 1.63. The lowest BCUT2D eigenvalue weighted by Gasteiger charge is -2.06. The van der Waals surface area contributed by atoms with Gasteiger partial charge in [0, 0.05) is 24.6 Å². The van der Waals surface area contributed by atoms with Crippen molar-refractivity contribution in [3.8, 4) is 0 Å². The summed E-state index contributed by atoms with van der Waals surface area (Å²) in [6.07, 6.45) is 7.65. The molecule has 0 fully saturated rings. The number of nitrogen functional groups attached to an aromatic ring is 1. The molecule has 0 radical (unpaired) electrons. The van der Waals surface area contributed by atoms with E-state index in [1.807, 2.05) is 0 Å². The van der Waals surface area contributed by atoms with E-state index in [1.165, 1.54) is 19.0 Å². The van der Waals surface area contributed by atoms with E-state index in [9.17, 15) is 4.79 Å². The average molecular weight is 221 g/mol. The maximum absolute atomic E-state index is 11.7. The van der Waals surface area contributed by atoms with Gasteiger partial charge in [-0.2, -0.15) is 0 Å². The molecule has 0 aromatic carbocycles. The third kappa shape index (κ3) is 3.88. The first-order valence-electron chi connectivity index (χ1n) is 5.73. The Hall–Kier alpha value is -1.58. The van der Waals surface area contributed by atoms with Gasteiger partial charge in [0.1, 0.15) is 0 Å². The number of carbonyl (C=O) groups is 1. The summed E-state index contributed by atoms with van der Waals surface area (Å²) in [5.41, 5.74) is 6.60. The Labute approximate surface area is 96.3 Å². The number of nitrogens with one attached hydrogen (secondary N) is 1. The predicted octanol–water partition coefficient (Wildman–Crippen LogP) is 1.97. The molecule has 0 aliphatic rings. The van der Waals surface area contributed by atoms with E-state index in [1.54, 1.807) is 12.3 Å². The van der Waals surface area contributed by atoms with Gasteiger partial charge in [-0.05, 0) is 12.5 Å². The van der Waals surface area contributed by atoms with Gasteiger partial charge >= 0.3 is 0 Å². The number of carbonyl (C=O) groups excluding carboxylic acids is 1. The van der Waals surface area contributed by atoms with Crippen molar-refractivity contribution < 1.29 is 4.79 Å². The lowest BCUT2D eigenvalue weighted by molar-refractivity contribution is 0.0953. The maximum atomic E-state index is 11.7. The number of anilines is 1. The predicted molar refractivity (Wildman–Crippen MR) is 65.1 cm³/mol. The van der Waals surface area contributed by atoms with Gasteiger partial charge in [-0.25, -0.2) is 0 Å². The standard InChI is InChI=1S/C12H19N3O/c1-2-3-4-5-7-15-12(16)10-9-14-8-6-11(10)13/h6,8-9H,2-5,7H2,1H3,(H2,13,14)(H,15,16). The zero-order valence-electron chi connectivity index (χ0n) is 9.70. The Balaban J connectivity index is 2.33. The lowest BCUT2D eigenvalue weighted by atomic mass is 10.2. The van der Waals surface area contributed by atoms with Crippen LogP contribution in [0.5, 0.6) is 0 Å². The zero-order chi connectivity index (χ0) is 11.8. The molecule has 0 atom stereocenters. The molecule has 0 aliphatic heterocycles. The van der Waals surface area contributed by atoms with E-state index in [0.29, 0.717) is 17.8 Å².